The normalized spacial score (nSPS) is 22.7. The minimum Gasteiger partial charge on any atom is -0.444 e. The van der Waals surface area contributed by atoms with Crippen molar-refractivity contribution in [1.82, 2.24) is 44.2 Å². The number of nitrogens with zero attached hydrogens (tertiary/aromatic N) is 10. The van der Waals surface area contributed by atoms with Crippen LogP contribution in [0.3, 0.4) is 0 Å². The minimum atomic E-state index is -0.465. The standard InChI is InChI=1S/C29H37N3O2.C23H34N2O2.C19H21BrN2.C16H28BNO4.C10H5FN2.CH4O/c1-21-17-30(18-22-8-6-5-7-9-22)20-27-26-11-10-24(16-25(26)19-32(21)27)23-12-14-31(15-13-23)28(33)34-29(2,3)4;1-16-6-5-7-21-20-9-8-18(14-19(20)15-25(16)21)17-10-12-24(13-11-17)22(26)27-23(2,3)4;1-14-10-21(11-15-5-3-2-4-6-15)13-19-18-8-7-17(20)9-16(18)12-22(14)19;1-14(2,3)20-13(19)18-10-8-12(9-11-18)17-21-15(4,5)16(6,7)22-17;11-9-4-3-7(6-12)10-8(9)2-1-5-13-10;1-2/h5-12,16,21,27H,13-15,17-20H2,1-4H3;8-9,14,16-17,21H,5-7,10-13,15H2,1-4H3;2-9,14,19H,10-13H2,1H3;8H,9-11H2,1-7H3;1-5H;2H,1H3/t21-,27-;16-,21-;14-,19-;;;/m111.../s1. The number of rotatable bonds is 7. The van der Waals surface area contributed by atoms with Gasteiger partial charge in [-0.25, -0.2) is 18.8 Å². The van der Waals surface area contributed by atoms with Gasteiger partial charge in [0.15, 0.2) is 0 Å². The van der Waals surface area contributed by atoms with Crippen LogP contribution in [-0.2, 0) is 56.2 Å². The van der Waals surface area contributed by atoms with Crippen LogP contribution in [0.15, 0.2) is 168 Å². The average Bonchev–Trinajstić information content (AvgIpc) is 1.63. The predicted molar refractivity (Wildman–Crippen MR) is 479 cm³/mol. The number of aromatic nitrogens is 1. The van der Waals surface area contributed by atoms with Gasteiger partial charge in [-0.1, -0.05) is 132 Å². The topological polar surface area (TPSA) is 180 Å². The lowest BCUT2D eigenvalue weighted by Gasteiger charge is -2.42. The smallest absolute Gasteiger partial charge is 0.444 e. The number of piperidine rings is 2. The molecule has 0 aliphatic carbocycles. The van der Waals surface area contributed by atoms with Crippen molar-refractivity contribution in [1.29, 1.82) is 5.26 Å². The van der Waals surface area contributed by atoms with Crippen LogP contribution < -0.4 is 0 Å². The largest absolute Gasteiger partial charge is 0.490 e. The van der Waals surface area contributed by atoms with Crippen molar-refractivity contribution in [2.24, 2.45) is 0 Å². The molecule has 10 aliphatic heterocycles. The van der Waals surface area contributed by atoms with Crippen LogP contribution in [0, 0.1) is 17.1 Å². The Morgan fingerprint density at radius 3 is 1.57 bits per heavy atom. The third kappa shape index (κ3) is 22.7. The number of pyridine rings is 1. The molecule has 0 spiro atoms. The Morgan fingerprint density at radius 2 is 1.05 bits per heavy atom. The first-order valence-corrected chi connectivity index (χ1v) is 44.2. The summed E-state index contributed by atoms with van der Waals surface area (Å²) in [5, 5.41) is 16.1. The lowest BCUT2D eigenvalue weighted by molar-refractivity contribution is 0.00578. The van der Waals surface area contributed by atoms with Gasteiger partial charge in [-0.05, 0) is 264 Å². The molecule has 3 amide bonds. The number of nitriles is 1. The number of hydrogen-bond donors (Lipinski definition) is 1. The molecule has 10 aliphatic rings. The first-order valence-electron chi connectivity index (χ1n) is 43.4. The molecular weight excluding hydrogens is 1570 g/mol. The van der Waals surface area contributed by atoms with E-state index < -0.39 is 16.8 Å². The molecular formula is C98H129BBrFN10O9. The zero-order valence-corrected chi connectivity index (χ0v) is 75.7. The number of likely N-dealkylation sites (tertiary alicyclic amines) is 1. The van der Waals surface area contributed by atoms with Crippen LogP contribution in [0.4, 0.5) is 18.8 Å². The van der Waals surface area contributed by atoms with Crippen molar-refractivity contribution in [3.63, 3.8) is 0 Å². The molecule has 22 heteroatoms. The number of hydrogen-bond acceptors (Lipinski definition) is 16. The summed E-state index contributed by atoms with van der Waals surface area (Å²) >= 11 is 3.61. The number of halogens is 2. The van der Waals surface area contributed by atoms with Crippen LogP contribution >= 0.6 is 15.9 Å². The van der Waals surface area contributed by atoms with E-state index in [1.807, 2.05) is 107 Å². The van der Waals surface area contributed by atoms with E-state index in [-0.39, 0.29) is 42.4 Å². The highest BCUT2D eigenvalue weighted by molar-refractivity contribution is 9.10. The van der Waals surface area contributed by atoms with Crippen molar-refractivity contribution in [2.75, 3.05) is 72.6 Å². The van der Waals surface area contributed by atoms with Crippen molar-refractivity contribution in [2.45, 2.75) is 259 Å². The van der Waals surface area contributed by atoms with E-state index in [0.29, 0.717) is 84.8 Å². The molecule has 0 radical (unpaired) electrons. The molecule has 19 nitrogen and oxygen atoms in total. The number of aliphatic hydroxyl groups is 1. The summed E-state index contributed by atoms with van der Waals surface area (Å²) in [5.74, 6) is 0.214. The fourth-order valence-corrected chi connectivity index (χ4v) is 18.7. The number of benzene rings is 6. The second-order valence-electron chi connectivity index (χ2n) is 37.9. The van der Waals surface area contributed by atoms with E-state index in [2.05, 4.69) is 188 Å². The number of aliphatic hydroxyl groups excluding tert-OH is 1. The van der Waals surface area contributed by atoms with Gasteiger partial charge in [0.05, 0.1) is 22.3 Å². The Morgan fingerprint density at radius 1 is 0.558 bits per heavy atom. The van der Waals surface area contributed by atoms with E-state index in [0.717, 1.165) is 110 Å². The Hall–Kier alpha value is -8.34. The van der Waals surface area contributed by atoms with Gasteiger partial charge in [-0.3, -0.25) is 29.5 Å². The highest BCUT2D eigenvalue weighted by atomic mass is 79.9. The molecule has 1 N–H and O–H groups in total. The summed E-state index contributed by atoms with van der Waals surface area (Å²) in [6, 6.07) is 54.2. The number of piperazine rings is 2. The second-order valence-corrected chi connectivity index (χ2v) is 38.8. The van der Waals surface area contributed by atoms with E-state index in [1.54, 1.807) is 39.3 Å². The first-order chi connectivity index (χ1) is 57.0. The quantitative estimate of drug-likeness (QED) is 0.117. The summed E-state index contributed by atoms with van der Waals surface area (Å²) in [5.41, 5.74) is 15.9. The maximum absolute atomic E-state index is 13.2. The fourth-order valence-electron chi connectivity index (χ4n) is 18.3. The Kier molecular flexibility index (Phi) is 29.6. The number of carbonyl (C=O) groups excluding carboxylic acids is 3. The number of ether oxygens (including phenoxy) is 3. The summed E-state index contributed by atoms with van der Waals surface area (Å²) in [4.78, 5) is 59.3. The van der Waals surface area contributed by atoms with Crippen molar-refractivity contribution in [3.8, 4) is 6.07 Å². The van der Waals surface area contributed by atoms with E-state index in [1.165, 1.54) is 85.9 Å². The minimum absolute atomic E-state index is 0.166. The van der Waals surface area contributed by atoms with Gasteiger partial charge in [-0.15, -0.1) is 0 Å². The summed E-state index contributed by atoms with van der Waals surface area (Å²) in [6.07, 6.45) is 12.8. The van der Waals surface area contributed by atoms with Crippen LogP contribution in [-0.4, -0.2) is 193 Å². The summed E-state index contributed by atoms with van der Waals surface area (Å²) < 4.78 is 42.9. The number of amides is 3. The lowest BCUT2D eigenvalue weighted by atomic mass is 9.75. The fraction of sp³-hybridized carbons (Fsp3) is 0.520. The van der Waals surface area contributed by atoms with Crippen molar-refractivity contribution in [3.05, 3.63) is 235 Å². The molecule has 6 atom stereocenters. The van der Waals surface area contributed by atoms with Gasteiger partial charge >= 0.3 is 25.4 Å². The average molecular weight is 1700 g/mol. The zero-order valence-electron chi connectivity index (χ0n) is 74.1. The summed E-state index contributed by atoms with van der Waals surface area (Å²) in [7, 11) is 0.686. The highest BCUT2D eigenvalue weighted by Gasteiger charge is 2.53. The first kappa shape index (κ1) is 90.9. The highest BCUT2D eigenvalue weighted by Crippen LogP contribution is 2.46. The lowest BCUT2D eigenvalue weighted by Crippen LogP contribution is -2.50. The number of fused-ring (bicyclic) bond motifs is 10. The Labute approximate surface area is 722 Å². The van der Waals surface area contributed by atoms with Crippen LogP contribution in [0.5, 0.6) is 0 Å². The molecule has 7 aromatic rings. The van der Waals surface area contributed by atoms with Crippen LogP contribution in [0.25, 0.3) is 16.5 Å². The molecule has 17 rings (SSSR count). The van der Waals surface area contributed by atoms with Crippen molar-refractivity contribution >= 4 is 57.8 Å². The molecule has 120 heavy (non-hydrogen) atoms. The SMILES string of the molecule is CC(C)(C)OC(=O)N1CC=C(B2OC(C)(C)C(C)(C)O2)CC1.CO.C[C@@H]1CCC[C@@H]2c3ccc(C4CCN(C(=O)OC(C)(C)C)CC4)cc3CN12.C[C@@H]1CN(Cc2ccccc2)C[C@@H]2c3ccc(Br)cc3CN12.C[C@@H]1CN(Cc2ccccc2)C[C@@H]2c3ccc(C4=CCN(C(=O)OC(C)(C)C)CC4)cc3CN12.N#Cc1ccc(F)c2cccnc12. The third-order valence-electron chi connectivity index (χ3n) is 25.1. The molecule has 0 bridgehead atoms. The van der Waals surface area contributed by atoms with E-state index in [4.69, 9.17) is 33.9 Å². The molecule has 642 valence electrons. The predicted octanol–water partition coefficient (Wildman–Crippen LogP) is 20.0. The van der Waals surface area contributed by atoms with E-state index in [9.17, 15) is 18.8 Å². The molecule has 11 heterocycles. The molecule has 0 unspecified atom stereocenters. The van der Waals surface area contributed by atoms with Crippen molar-refractivity contribution < 1.29 is 47.4 Å². The molecule has 6 aromatic carbocycles. The molecule has 0 saturated carbocycles. The zero-order chi connectivity index (χ0) is 86.2. The number of carbonyl (C=O) groups is 3. The molecule has 5 fully saturated rings. The van der Waals surface area contributed by atoms with E-state index >= 15 is 0 Å². The van der Waals surface area contributed by atoms with Gasteiger partial charge in [0.1, 0.15) is 28.7 Å². The maximum atomic E-state index is 13.2. The van der Waals surface area contributed by atoms with Crippen LogP contribution in [0.2, 0.25) is 0 Å². The molecule has 5 saturated heterocycles. The van der Waals surface area contributed by atoms with Gasteiger partial charge in [0.25, 0.3) is 0 Å². The molecule has 1 aromatic heterocycles. The third-order valence-corrected chi connectivity index (χ3v) is 25.6. The van der Waals surface area contributed by atoms with Gasteiger partial charge in [0.2, 0.25) is 0 Å². The Balaban J connectivity index is 0.000000140. The van der Waals surface area contributed by atoms with Gasteiger partial charge in [0, 0.05) is 158 Å². The van der Waals surface area contributed by atoms with Gasteiger partial charge < -0.3 is 43.3 Å². The van der Waals surface area contributed by atoms with Gasteiger partial charge in [-0.2, -0.15) is 5.26 Å². The second kappa shape index (κ2) is 39.0. The maximum Gasteiger partial charge on any atom is 0.490 e. The Bertz CT molecular complexity index is 4790. The summed E-state index contributed by atoms with van der Waals surface area (Å²) in [6.45, 7) is 46.3. The van der Waals surface area contributed by atoms with Crippen LogP contribution in [0.1, 0.15) is 241 Å². The monoisotopic (exact) mass is 1700 g/mol.